The Hall–Kier alpha value is -2.13. The largest absolute Gasteiger partial charge is 0.323 e. The number of aromatic nitrogens is 2. The second-order valence-corrected chi connectivity index (χ2v) is 7.09. The Balaban J connectivity index is 1.51. The second kappa shape index (κ2) is 7.83. The Morgan fingerprint density at radius 2 is 1.60 bits per heavy atom. The Bertz CT molecular complexity index is 801. The van der Waals surface area contributed by atoms with Crippen LogP contribution in [0, 0.1) is 0 Å². The molecule has 1 aliphatic rings. The molecule has 25 heavy (non-hydrogen) atoms. The van der Waals surface area contributed by atoms with Gasteiger partial charge in [-0.1, -0.05) is 48.9 Å². The highest BCUT2D eigenvalue weighted by molar-refractivity contribution is 5.76. The van der Waals surface area contributed by atoms with Gasteiger partial charge < -0.3 is 9.47 Å². The van der Waals surface area contributed by atoms with Crippen molar-refractivity contribution >= 4 is 11.0 Å². The summed E-state index contributed by atoms with van der Waals surface area (Å²) in [7, 11) is 0. The van der Waals surface area contributed by atoms with E-state index in [1.54, 1.807) is 0 Å². The van der Waals surface area contributed by atoms with Gasteiger partial charge in [-0.2, -0.15) is 0 Å². The lowest BCUT2D eigenvalue weighted by Crippen LogP contribution is -2.30. The Morgan fingerprint density at radius 1 is 0.840 bits per heavy atom. The van der Waals surface area contributed by atoms with Crippen molar-refractivity contribution in [3.8, 4) is 0 Å². The molecule has 130 valence electrons. The maximum atomic E-state index is 4.94. The van der Waals surface area contributed by atoms with Crippen molar-refractivity contribution in [2.24, 2.45) is 0 Å². The molecule has 0 bridgehead atoms. The maximum Gasteiger partial charge on any atom is 0.110 e. The van der Waals surface area contributed by atoms with Gasteiger partial charge in [-0.25, -0.2) is 4.98 Å². The van der Waals surface area contributed by atoms with E-state index < -0.39 is 0 Å². The van der Waals surface area contributed by atoms with Gasteiger partial charge in [0.05, 0.1) is 11.0 Å². The summed E-state index contributed by atoms with van der Waals surface area (Å²) in [4.78, 5) is 7.55. The zero-order valence-electron chi connectivity index (χ0n) is 14.9. The van der Waals surface area contributed by atoms with Gasteiger partial charge in [0.15, 0.2) is 0 Å². The molecule has 1 fully saturated rings. The number of hydrogen-bond acceptors (Lipinski definition) is 2. The van der Waals surface area contributed by atoms with Crippen molar-refractivity contribution in [2.45, 2.75) is 38.6 Å². The normalized spacial score (nSPS) is 15.7. The minimum Gasteiger partial charge on any atom is -0.323 e. The van der Waals surface area contributed by atoms with Crippen LogP contribution < -0.4 is 0 Å². The van der Waals surface area contributed by atoms with Crippen LogP contribution in [0.3, 0.4) is 0 Å². The molecule has 0 unspecified atom stereocenters. The third-order valence-corrected chi connectivity index (χ3v) is 5.24. The molecular weight excluding hydrogens is 306 g/mol. The summed E-state index contributed by atoms with van der Waals surface area (Å²) >= 11 is 0. The molecule has 1 aliphatic heterocycles. The molecule has 0 radical (unpaired) electrons. The van der Waals surface area contributed by atoms with Gasteiger partial charge in [0.2, 0.25) is 0 Å². The predicted octanol–water partition coefficient (Wildman–Crippen LogP) is 4.50. The van der Waals surface area contributed by atoms with Crippen molar-refractivity contribution in [1.29, 1.82) is 0 Å². The van der Waals surface area contributed by atoms with E-state index >= 15 is 0 Å². The van der Waals surface area contributed by atoms with Gasteiger partial charge in [-0.3, -0.25) is 0 Å². The van der Waals surface area contributed by atoms with E-state index in [0.29, 0.717) is 0 Å². The van der Waals surface area contributed by atoms with Crippen LogP contribution in [-0.2, 0) is 13.0 Å². The molecule has 1 saturated heterocycles. The summed E-state index contributed by atoms with van der Waals surface area (Å²) in [5, 5.41) is 0. The number of nitrogens with zero attached hydrogens (tertiary/aromatic N) is 3. The van der Waals surface area contributed by atoms with Crippen LogP contribution in [-0.4, -0.2) is 34.1 Å². The molecule has 4 rings (SSSR count). The number of para-hydroxylation sites is 2. The Morgan fingerprint density at radius 3 is 2.44 bits per heavy atom. The number of fused-ring (bicyclic) bond motifs is 1. The molecule has 3 aromatic rings. The summed E-state index contributed by atoms with van der Waals surface area (Å²) < 4.78 is 2.40. The van der Waals surface area contributed by atoms with Crippen LogP contribution in [0.2, 0.25) is 0 Å². The quantitative estimate of drug-likeness (QED) is 0.662. The summed E-state index contributed by atoms with van der Waals surface area (Å²) in [6.45, 7) is 4.66. The van der Waals surface area contributed by atoms with Crippen molar-refractivity contribution in [3.05, 3.63) is 66.0 Å². The van der Waals surface area contributed by atoms with E-state index in [9.17, 15) is 0 Å². The van der Waals surface area contributed by atoms with Gasteiger partial charge in [-0.05, 0) is 56.6 Å². The molecule has 0 aliphatic carbocycles. The lowest BCUT2D eigenvalue weighted by Gasteiger charge is -2.26. The average molecular weight is 333 g/mol. The molecule has 3 nitrogen and oxygen atoms in total. The monoisotopic (exact) mass is 333 g/mol. The summed E-state index contributed by atoms with van der Waals surface area (Å²) in [5.41, 5.74) is 3.70. The van der Waals surface area contributed by atoms with E-state index in [0.717, 1.165) is 18.5 Å². The molecule has 3 heteroatoms. The number of imidazole rings is 1. The third kappa shape index (κ3) is 3.93. The first-order valence-electron chi connectivity index (χ1n) is 9.60. The van der Waals surface area contributed by atoms with E-state index in [1.807, 2.05) is 0 Å². The number of hydrogen-bond donors (Lipinski definition) is 0. The number of piperidine rings is 1. The second-order valence-electron chi connectivity index (χ2n) is 7.09. The Labute approximate surface area is 150 Å². The highest BCUT2D eigenvalue weighted by Crippen LogP contribution is 2.19. The molecule has 0 amide bonds. The van der Waals surface area contributed by atoms with Crippen molar-refractivity contribution < 1.29 is 0 Å². The van der Waals surface area contributed by atoms with Gasteiger partial charge in [-0.15, -0.1) is 0 Å². The van der Waals surface area contributed by atoms with E-state index in [1.165, 1.54) is 62.2 Å². The highest BCUT2D eigenvalue weighted by Gasteiger charge is 2.13. The fraction of sp³-hybridized carbons (Fsp3) is 0.409. The molecular formula is C22H27N3. The van der Waals surface area contributed by atoms with Crippen molar-refractivity contribution in [2.75, 3.05) is 19.6 Å². The first-order chi connectivity index (χ1) is 12.4. The third-order valence-electron chi connectivity index (χ3n) is 5.24. The van der Waals surface area contributed by atoms with Crippen molar-refractivity contribution in [3.63, 3.8) is 0 Å². The SMILES string of the molecule is c1ccc(Cn2c(CCCN3CCCCC3)nc3ccccc32)cc1. The molecule has 1 aromatic heterocycles. The van der Waals surface area contributed by atoms with E-state index in [-0.39, 0.29) is 0 Å². The van der Waals surface area contributed by atoms with Crippen molar-refractivity contribution in [1.82, 2.24) is 14.5 Å². The molecule has 0 spiro atoms. The molecule has 0 saturated carbocycles. The minimum absolute atomic E-state index is 0.903. The van der Waals surface area contributed by atoms with Gasteiger partial charge in [0, 0.05) is 13.0 Å². The molecule has 0 N–H and O–H groups in total. The van der Waals surface area contributed by atoms with Gasteiger partial charge >= 0.3 is 0 Å². The van der Waals surface area contributed by atoms with Gasteiger partial charge in [0.25, 0.3) is 0 Å². The minimum atomic E-state index is 0.903. The molecule has 0 atom stereocenters. The number of aryl methyl sites for hydroxylation is 1. The maximum absolute atomic E-state index is 4.94. The zero-order chi connectivity index (χ0) is 16.9. The summed E-state index contributed by atoms with van der Waals surface area (Å²) in [6.07, 6.45) is 6.39. The van der Waals surface area contributed by atoms with Crippen LogP contribution in [0.5, 0.6) is 0 Å². The topological polar surface area (TPSA) is 21.1 Å². The lowest BCUT2D eigenvalue weighted by atomic mass is 10.1. The fourth-order valence-electron chi connectivity index (χ4n) is 3.90. The van der Waals surface area contributed by atoms with Crippen LogP contribution in [0.4, 0.5) is 0 Å². The Kier molecular flexibility index (Phi) is 5.12. The fourth-order valence-corrected chi connectivity index (χ4v) is 3.90. The number of rotatable bonds is 6. The average Bonchev–Trinajstić information content (AvgIpc) is 3.01. The van der Waals surface area contributed by atoms with Crippen LogP contribution in [0.1, 0.15) is 37.1 Å². The lowest BCUT2D eigenvalue weighted by molar-refractivity contribution is 0.226. The smallest absolute Gasteiger partial charge is 0.110 e. The van der Waals surface area contributed by atoms with E-state index in [4.69, 9.17) is 4.98 Å². The summed E-state index contributed by atoms with van der Waals surface area (Å²) in [6, 6.07) is 19.2. The summed E-state index contributed by atoms with van der Waals surface area (Å²) in [5.74, 6) is 1.22. The standard InChI is InChI=1S/C22H27N3/c1-3-10-19(11-4-1)18-25-21-13-6-5-12-20(21)23-22(25)14-9-17-24-15-7-2-8-16-24/h1,3-6,10-13H,2,7-9,14-18H2. The number of likely N-dealkylation sites (tertiary alicyclic amines) is 1. The van der Waals surface area contributed by atoms with Crippen LogP contribution in [0.25, 0.3) is 11.0 Å². The first kappa shape index (κ1) is 16.3. The van der Waals surface area contributed by atoms with Crippen LogP contribution in [0.15, 0.2) is 54.6 Å². The van der Waals surface area contributed by atoms with Crippen LogP contribution >= 0.6 is 0 Å². The predicted molar refractivity (Wildman–Crippen MR) is 104 cm³/mol. The number of benzene rings is 2. The first-order valence-corrected chi connectivity index (χ1v) is 9.60. The van der Waals surface area contributed by atoms with E-state index in [2.05, 4.69) is 64.1 Å². The van der Waals surface area contributed by atoms with Gasteiger partial charge in [0.1, 0.15) is 5.82 Å². The molecule has 2 aromatic carbocycles. The molecule has 2 heterocycles. The highest BCUT2D eigenvalue weighted by atomic mass is 15.1. The zero-order valence-corrected chi connectivity index (χ0v) is 14.9.